The monoisotopic (exact) mass is 351 g/mol. The Morgan fingerprint density at radius 3 is 2.65 bits per heavy atom. The van der Waals surface area contributed by atoms with Gasteiger partial charge in [-0.15, -0.1) is 0 Å². The van der Waals surface area contributed by atoms with Crippen LogP contribution in [0.4, 0.5) is 0 Å². The van der Waals surface area contributed by atoms with Crippen LogP contribution in [-0.2, 0) is 0 Å². The van der Waals surface area contributed by atoms with Crippen molar-refractivity contribution in [2.45, 2.75) is 9.79 Å². The lowest BCUT2D eigenvalue weighted by Crippen LogP contribution is -1.73. The molecule has 0 unspecified atom stereocenters. The van der Waals surface area contributed by atoms with Crippen LogP contribution < -0.4 is 0 Å². The number of H-pyrrole nitrogens is 1. The van der Waals surface area contributed by atoms with E-state index in [1.54, 1.807) is 11.8 Å². The summed E-state index contributed by atoms with van der Waals surface area (Å²) in [6.07, 6.45) is 2.08. The van der Waals surface area contributed by atoms with Gasteiger partial charge in [-0.25, -0.2) is 0 Å². The van der Waals surface area contributed by atoms with Crippen LogP contribution in [0.2, 0.25) is 0 Å². The maximum atomic E-state index is 3.31. The lowest BCUT2D eigenvalue weighted by Gasteiger charge is -1.99. The zero-order valence-corrected chi connectivity index (χ0v) is 12.0. The van der Waals surface area contributed by atoms with Crippen molar-refractivity contribution in [3.63, 3.8) is 0 Å². The molecule has 17 heavy (non-hydrogen) atoms. The topological polar surface area (TPSA) is 15.8 Å². The van der Waals surface area contributed by atoms with Gasteiger partial charge in [0.15, 0.2) is 0 Å². The van der Waals surface area contributed by atoms with Gasteiger partial charge in [-0.3, -0.25) is 0 Å². The normalized spacial score (nSPS) is 10.9. The number of hydrogen-bond donors (Lipinski definition) is 1. The van der Waals surface area contributed by atoms with Crippen molar-refractivity contribution < 1.29 is 0 Å². The first-order chi connectivity index (χ1) is 8.33. The molecule has 0 atom stereocenters. The Bertz CT molecular complexity index is 646. The number of aromatic nitrogens is 1. The molecule has 0 aliphatic heterocycles. The molecule has 0 amide bonds. The van der Waals surface area contributed by atoms with Crippen LogP contribution in [0.25, 0.3) is 10.9 Å². The second kappa shape index (κ2) is 4.74. The molecule has 0 fully saturated rings. The molecule has 0 bridgehead atoms. The second-order valence-electron chi connectivity index (χ2n) is 3.76. The Kier molecular flexibility index (Phi) is 3.11. The fraction of sp³-hybridized carbons (Fsp3) is 0. The standard InChI is InChI=1S/C14H10INS/c15-10-6-7-13-12(8-10)14(9-16-13)17-11-4-2-1-3-5-11/h1-9,16H. The number of hydrogen-bond acceptors (Lipinski definition) is 1. The Hall–Kier alpha value is -0.940. The molecule has 0 radical (unpaired) electrons. The minimum absolute atomic E-state index is 1.20. The average Bonchev–Trinajstić information content (AvgIpc) is 2.73. The minimum Gasteiger partial charge on any atom is -0.360 e. The van der Waals surface area contributed by atoms with E-state index in [-0.39, 0.29) is 0 Å². The van der Waals surface area contributed by atoms with E-state index in [0.29, 0.717) is 0 Å². The van der Waals surface area contributed by atoms with Gasteiger partial charge in [0.1, 0.15) is 0 Å². The summed E-state index contributed by atoms with van der Waals surface area (Å²) in [4.78, 5) is 5.86. The van der Waals surface area contributed by atoms with Crippen molar-refractivity contribution in [3.8, 4) is 0 Å². The molecule has 84 valence electrons. The van der Waals surface area contributed by atoms with Gasteiger partial charge >= 0.3 is 0 Å². The Morgan fingerprint density at radius 1 is 1.00 bits per heavy atom. The fourth-order valence-electron chi connectivity index (χ4n) is 1.77. The van der Waals surface area contributed by atoms with Crippen molar-refractivity contribution in [1.82, 2.24) is 4.98 Å². The molecule has 0 aliphatic rings. The van der Waals surface area contributed by atoms with Crippen LogP contribution in [-0.4, -0.2) is 4.98 Å². The molecule has 0 spiro atoms. The van der Waals surface area contributed by atoms with E-state index in [1.807, 2.05) is 6.07 Å². The molecule has 3 rings (SSSR count). The molecule has 1 aromatic heterocycles. The third kappa shape index (κ3) is 2.35. The first-order valence-corrected chi connectivity index (χ1v) is 7.22. The highest BCUT2D eigenvalue weighted by Crippen LogP contribution is 2.33. The third-order valence-electron chi connectivity index (χ3n) is 2.58. The van der Waals surface area contributed by atoms with Gasteiger partial charge < -0.3 is 4.98 Å². The summed E-state index contributed by atoms with van der Waals surface area (Å²) in [5.74, 6) is 0. The molecular formula is C14H10INS. The SMILES string of the molecule is Ic1ccc2[nH]cc(Sc3ccccc3)c2c1. The first-order valence-electron chi connectivity index (χ1n) is 5.32. The summed E-state index contributed by atoms with van der Waals surface area (Å²) in [5.41, 5.74) is 1.20. The molecule has 0 saturated heterocycles. The van der Waals surface area contributed by atoms with Gasteiger partial charge in [0.05, 0.1) is 0 Å². The Balaban J connectivity index is 2.03. The zero-order valence-electron chi connectivity index (χ0n) is 8.98. The summed E-state index contributed by atoms with van der Waals surface area (Å²) in [5, 5.41) is 1.30. The highest BCUT2D eigenvalue weighted by atomic mass is 127. The maximum Gasteiger partial charge on any atom is 0.0466 e. The van der Waals surface area contributed by atoms with E-state index in [1.165, 1.54) is 24.3 Å². The van der Waals surface area contributed by atoms with Crippen LogP contribution in [0.15, 0.2) is 64.5 Å². The summed E-state index contributed by atoms with van der Waals surface area (Å²) >= 11 is 4.15. The molecule has 1 heterocycles. The van der Waals surface area contributed by atoms with E-state index in [9.17, 15) is 0 Å². The van der Waals surface area contributed by atoms with Crippen molar-refractivity contribution in [3.05, 3.63) is 58.3 Å². The quantitative estimate of drug-likeness (QED) is 0.648. The predicted molar refractivity (Wildman–Crippen MR) is 81.6 cm³/mol. The summed E-state index contributed by atoms with van der Waals surface area (Å²) in [6.45, 7) is 0. The van der Waals surface area contributed by atoms with Crippen molar-refractivity contribution in [1.29, 1.82) is 0 Å². The molecule has 0 aliphatic carbocycles. The van der Waals surface area contributed by atoms with Gasteiger partial charge in [0, 0.05) is 30.5 Å². The molecule has 1 N–H and O–H groups in total. The van der Waals surface area contributed by atoms with E-state index in [0.717, 1.165) is 0 Å². The van der Waals surface area contributed by atoms with E-state index >= 15 is 0 Å². The zero-order chi connectivity index (χ0) is 11.7. The van der Waals surface area contributed by atoms with Crippen LogP contribution in [0.1, 0.15) is 0 Å². The number of halogens is 1. The van der Waals surface area contributed by atoms with Gasteiger partial charge in [-0.1, -0.05) is 30.0 Å². The van der Waals surface area contributed by atoms with Gasteiger partial charge in [0.2, 0.25) is 0 Å². The second-order valence-corrected chi connectivity index (χ2v) is 6.12. The number of nitrogens with one attached hydrogen (secondary N) is 1. The average molecular weight is 351 g/mol. The third-order valence-corrected chi connectivity index (χ3v) is 4.31. The Labute approximate surface area is 118 Å². The van der Waals surface area contributed by atoms with Crippen molar-refractivity contribution in [2.75, 3.05) is 0 Å². The van der Waals surface area contributed by atoms with Crippen LogP contribution in [0.5, 0.6) is 0 Å². The fourth-order valence-corrected chi connectivity index (χ4v) is 3.20. The largest absolute Gasteiger partial charge is 0.360 e. The van der Waals surface area contributed by atoms with Gasteiger partial charge in [0.25, 0.3) is 0 Å². The highest BCUT2D eigenvalue weighted by molar-refractivity contribution is 14.1. The molecule has 3 aromatic rings. The molecular weight excluding hydrogens is 341 g/mol. The summed E-state index contributed by atoms with van der Waals surface area (Å²) < 4.78 is 1.27. The van der Waals surface area contributed by atoms with E-state index in [4.69, 9.17) is 0 Å². The minimum atomic E-state index is 1.20. The number of fused-ring (bicyclic) bond motifs is 1. The van der Waals surface area contributed by atoms with Crippen molar-refractivity contribution >= 4 is 45.3 Å². The molecule has 3 heteroatoms. The van der Waals surface area contributed by atoms with E-state index in [2.05, 4.69) is 76.2 Å². The Morgan fingerprint density at radius 2 is 1.82 bits per heavy atom. The molecule has 2 aromatic carbocycles. The number of benzene rings is 2. The van der Waals surface area contributed by atoms with E-state index < -0.39 is 0 Å². The predicted octanol–water partition coefficient (Wildman–Crippen LogP) is 4.92. The maximum absolute atomic E-state index is 3.31. The number of aromatic amines is 1. The number of rotatable bonds is 2. The molecule has 0 saturated carbocycles. The lowest BCUT2D eigenvalue weighted by molar-refractivity contribution is 1.39. The molecule has 1 nitrogen and oxygen atoms in total. The van der Waals surface area contributed by atoms with Crippen molar-refractivity contribution in [2.24, 2.45) is 0 Å². The van der Waals surface area contributed by atoms with Gasteiger partial charge in [-0.2, -0.15) is 0 Å². The van der Waals surface area contributed by atoms with Gasteiger partial charge in [-0.05, 0) is 52.9 Å². The van der Waals surface area contributed by atoms with Crippen LogP contribution >= 0.6 is 34.4 Å². The lowest BCUT2D eigenvalue weighted by atomic mass is 10.2. The first kappa shape index (κ1) is 11.2. The summed E-state index contributed by atoms with van der Waals surface area (Å²) in [6, 6.07) is 16.9. The van der Waals surface area contributed by atoms with Crippen LogP contribution in [0.3, 0.4) is 0 Å². The summed E-state index contributed by atoms with van der Waals surface area (Å²) in [7, 11) is 0. The smallest absolute Gasteiger partial charge is 0.0466 e. The highest BCUT2D eigenvalue weighted by Gasteiger charge is 2.05. The van der Waals surface area contributed by atoms with Crippen LogP contribution in [0, 0.1) is 3.57 Å².